The highest BCUT2D eigenvalue weighted by Crippen LogP contribution is 1.96. The van der Waals surface area contributed by atoms with Gasteiger partial charge < -0.3 is 5.32 Å². The Balaban J connectivity index is 1.82. The maximum absolute atomic E-state index is 11.4. The molecule has 1 heterocycles. The standard InChI is InChI=1S/C13H15N3O2/c17-12-6-8-16(13(18)15-12)9-7-14-10-11-4-2-1-3-5-11/h1-6,8,14H,7,9-10H2,(H,15,17,18). The van der Waals surface area contributed by atoms with Crippen LogP contribution in [0.15, 0.2) is 52.2 Å². The van der Waals surface area contributed by atoms with Gasteiger partial charge in [0.1, 0.15) is 0 Å². The number of aromatic nitrogens is 2. The second-order valence-electron chi connectivity index (χ2n) is 3.97. The van der Waals surface area contributed by atoms with Gasteiger partial charge in [-0.3, -0.25) is 14.3 Å². The van der Waals surface area contributed by atoms with Gasteiger partial charge in [-0.15, -0.1) is 0 Å². The first-order chi connectivity index (χ1) is 8.75. The van der Waals surface area contributed by atoms with Crippen LogP contribution in [0.5, 0.6) is 0 Å². The van der Waals surface area contributed by atoms with E-state index in [9.17, 15) is 9.59 Å². The molecule has 0 aliphatic rings. The lowest BCUT2D eigenvalue weighted by Gasteiger charge is -2.06. The molecule has 0 saturated heterocycles. The Morgan fingerprint density at radius 1 is 1.11 bits per heavy atom. The third kappa shape index (κ3) is 3.43. The smallest absolute Gasteiger partial charge is 0.311 e. The van der Waals surface area contributed by atoms with Crippen LogP contribution in [0, 0.1) is 0 Å². The molecule has 0 aliphatic heterocycles. The van der Waals surface area contributed by atoms with Crippen LogP contribution in [0.3, 0.4) is 0 Å². The SMILES string of the molecule is O=c1ccn(CCNCc2ccccc2)c(=O)[nH]1. The number of benzene rings is 1. The summed E-state index contributed by atoms with van der Waals surface area (Å²) in [6, 6.07) is 11.4. The molecule has 1 aromatic heterocycles. The summed E-state index contributed by atoms with van der Waals surface area (Å²) < 4.78 is 1.47. The summed E-state index contributed by atoms with van der Waals surface area (Å²) in [5.41, 5.74) is 0.462. The predicted molar refractivity (Wildman–Crippen MR) is 69.5 cm³/mol. The van der Waals surface area contributed by atoms with Crippen molar-refractivity contribution in [3.05, 3.63) is 69.0 Å². The van der Waals surface area contributed by atoms with Crippen LogP contribution in [0.1, 0.15) is 5.56 Å². The summed E-state index contributed by atoms with van der Waals surface area (Å²) in [6.07, 6.45) is 1.51. The molecule has 2 N–H and O–H groups in total. The van der Waals surface area contributed by atoms with Crippen molar-refractivity contribution in [2.45, 2.75) is 13.1 Å². The van der Waals surface area contributed by atoms with E-state index in [2.05, 4.69) is 10.3 Å². The van der Waals surface area contributed by atoms with Gasteiger partial charge >= 0.3 is 5.69 Å². The molecule has 0 unspecified atom stereocenters. The van der Waals surface area contributed by atoms with Crippen LogP contribution in [0.2, 0.25) is 0 Å². The zero-order valence-corrected chi connectivity index (χ0v) is 9.93. The van der Waals surface area contributed by atoms with Crippen molar-refractivity contribution < 1.29 is 0 Å². The molecule has 5 nitrogen and oxygen atoms in total. The van der Waals surface area contributed by atoms with Crippen molar-refractivity contribution in [2.24, 2.45) is 0 Å². The van der Waals surface area contributed by atoms with Crippen molar-refractivity contribution in [3.63, 3.8) is 0 Å². The van der Waals surface area contributed by atoms with E-state index in [-0.39, 0.29) is 11.2 Å². The first-order valence-corrected chi connectivity index (χ1v) is 5.80. The summed E-state index contributed by atoms with van der Waals surface area (Å²) in [5, 5.41) is 3.24. The lowest BCUT2D eigenvalue weighted by molar-refractivity contribution is 0.574. The lowest BCUT2D eigenvalue weighted by atomic mass is 10.2. The van der Waals surface area contributed by atoms with E-state index >= 15 is 0 Å². The molecule has 1 aromatic carbocycles. The van der Waals surface area contributed by atoms with E-state index in [0.29, 0.717) is 13.1 Å². The van der Waals surface area contributed by atoms with Crippen molar-refractivity contribution in [2.75, 3.05) is 6.54 Å². The van der Waals surface area contributed by atoms with Gasteiger partial charge in [0.2, 0.25) is 0 Å². The summed E-state index contributed by atoms with van der Waals surface area (Å²) in [4.78, 5) is 24.5. The Hall–Kier alpha value is -2.14. The topological polar surface area (TPSA) is 66.9 Å². The van der Waals surface area contributed by atoms with Crippen LogP contribution < -0.4 is 16.6 Å². The van der Waals surface area contributed by atoms with Crippen LogP contribution >= 0.6 is 0 Å². The van der Waals surface area contributed by atoms with Gasteiger partial charge in [-0.1, -0.05) is 30.3 Å². The molecule has 0 amide bonds. The van der Waals surface area contributed by atoms with Crippen LogP contribution in [0.25, 0.3) is 0 Å². The van der Waals surface area contributed by atoms with Crippen molar-refractivity contribution in [3.8, 4) is 0 Å². The number of hydrogen-bond donors (Lipinski definition) is 2. The number of rotatable bonds is 5. The quantitative estimate of drug-likeness (QED) is 0.746. The molecular formula is C13H15N3O2. The van der Waals surface area contributed by atoms with Gasteiger partial charge in [-0.2, -0.15) is 0 Å². The molecule has 0 fully saturated rings. The fourth-order valence-electron chi connectivity index (χ4n) is 1.65. The average molecular weight is 245 g/mol. The van der Waals surface area contributed by atoms with Gasteiger partial charge in [-0.25, -0.2) is 4.79 Å². The number of nitrogens with one attached hydrogen (secondary N) is 2. The van der Waals surface area contributed by atoms with Gasteiger partial charge in [0.25, 0.3) is 5.56 Å². The average Bonchev–Trinajstić information content (AvgIpc) is 2.38. The molecule has 18 heavy (non-hydrogen) atoms. The Bertz CT molecular complexity index is 601. The molecule has 0 spiro atoms. The Labute approximate surface area is 104 Å². The second kappa shape index (κ2) is 5.97. The number of nitrogens with zero attached hydrogens (tertiary/aromatic N) is 1. The monoisotopic (exact) mass is 245 g/mol. The molecule has 0 saturated carbocycles. The molecule has 94 valence electrons. The van der Waals surface area contributed by atoms with E-state index < -0.39 is 0 Å². The van der Waals surface area contributed by atoms with Gasteiger partial charge in [0.15, 0.2) is 0 Å². The van der Waals surface area contributed by atoms with Crippen LogP contribution in [0.4, 0.5) is 0 Å². The molecule has 2 rings (SSSR count). The summed E-state index contributed by atoms with van der Waals surface area (Å²) in [7, 11) is 0. The normalized spacial score (nSPS) is 10.4. The first-order valence-electron chi connectivity index (χ1n) is 5.80. The molecule has 2 aromatic rings. The lowest BCUT2D eigenvalue weighted by Crippen LogP contribution is -2.31. The first kappa shape index (κ1) is 12.3. The molecule has 0 bridgehead atoms. The predicted octanol–water partition coefficient (Wildman–Crippen LogP) is 0.326. The summed E-state index contributed by atoms with van der Waals surface area (Å²) in [5.74, 6) is 0. The minimum absolute atomic E-state index is 0.367. The number of aromatic amines is 1. The Kier molecular flexibility index (Phi) is 4.09. The van der Waals surface area contributed by atoms with E-state index in [0.717, 1.165) is 6.54 Å². The Morgan fingerprint density at radius 3 is 2.61 bits per heavy atom. The fourth-order valence-corrected chi connectivity index (χ4v) is 1.65. The minimum atomic E-state index is -0.371. The van der Waals surface area contributed by atoms with E-state index in [1.54, 1.807) is 0 Å². The largest absolute Gasteiger partial charge is 0.328 e. The van der Waals surface area contributed by atoms with E-state index in [1.807, 2.05) is 30.3 Å². The maximum atomic E-state index is 11.4. The molecule has 0 aliphatic carbocycles. The van der Waals surface area contributed by atoms with Crippen LogP contribution in [-0.4, -0.2) is 16.1 Å². The fraction of sp³-hybridized carbons (Fsp3) is 0.231. The third-order valence-corrected chi connectivity index (χ3v) is 2.60. The van der Waals surface area contributed by atoms with Crippen molar-refractivity contribution in [1.29, 1.82) is 0 Å². The highest BCUT2D eigenvalue weighted by atomic mass is 16.2. The third-order valence-electron chi connectivity index (χ3n) is 2.60. The number of H-pyrrole nitrogens is 1. The highest BCUT2D eigenvalue weighted by molar-refractivity contribution is 5.14. The second-order valence-corrected chi connectivity index (χ2v) is 3.97. The van der Waals surface area contributed by atoms with Crippen molar-refractivity contribution in [1.82, 2.24) is 14.9 Å². The minimum Gasteiger partial charge on any atom is -0.311 e. The van der Waals surface area contributed by atoms with Gasteiger partial charge in [-0.05, 0) is 5.56 Å². The molecule has 0 atom stereocenters. The van der Waals surface area contributed by atoms with Gasteiger partial charge in [0.05, 0.1) is 0 Å². The summed E-state index contributed by atoms with van der Waals surface area (Å²) in [6.45, 7) is 1.96. The number of hydrogen-bond acceptors (Lipinski definition) is 3. The summed E-state index contributed by atoms with van der Waals surface area (Å²) >= 11 is 0. The zero-order chi connectivity index (χ0) is 12.8. The maximum Gasteiger partial charge on any atom is 0.328 e. The van der Waals surface area contributed by atoms with Crippen molar-refractivity contribution >= 4 is 0 Å². The molecule has 5 heteroatoms. The zero-order valence-electron chi connectivity index (χ0n) is 9.93. The van der Waals surface area contributed by atoms with Crippen LogP contribution in [-0.2, 0) is 13.1 Å². The molecular weight excluding hydrogens is 230 g/mol. The van der Waals surface area contributed by atoms with Gasteiger partial charge in [0, 0.05) is 31.9 Å². The molecule has 0 radical (unpaired) electrons. The highest BCUT2D eigenvalue weighted by Gasteiger charge is 1.96. The Morgan fingerprint density at radius 2 is 1.89 bits per heavy atom. The van der Waals surface area contributed by atoms with E-state index in [4.69, 9.17) is 0 Å². The van der Waals surface area contributed by atoms with E-state index in [1.165, 1.54) is 22.4 Å².